The number of rotatable bonds is 6. The molecule has 0 atom stereocenters. The van der Waals surface area contributed by atoms with Crippen LogP contribution in [0, 0.1) is 22.9 Å². The maximum atomic E-state index is 13.1. The summed E-state index contributed by atoms with van der Waals surface area (Å²) in [5.74, 6) is -0.733. The van der Waals surface area contributed by atoms with Crippen molar-refractivity contribution in [1.82, 2.24) is 10.2 Å². The topological polar surface area (TPSA) is 111 Å². The highest BCUT2D eigenvalue weighted by molar-refractivity contribution is 7.99. The number of nitrogens with one attached hydrogen (secondary N) is 1. The van der Waals surface area contributed by atoms with E-state index in [-0.39, 0.29) is 39.8 Å². The highest BCUT2D eigenvalue weighted by Gasteiger charge is 2.20. The number of halogens is 1. The lowest BCUT2D eigenvalue weighted by atomic mass is 10.2. The monoisotopic (exact) mass is 388 g/mol. The van der Waals surface area contributed by atoms with Crippen molar-refractivity contribution in [1.29, 1.82) is 0 Å². The molecule has 1 heterocycles. The molecule has 0 fully saturated rings. The van der Waals surface area contributed by atoms with Gasteiger partial charge in [-0.3, -0.25) is 14.9 Å². The smallest absolute Gasteiger partial charge is 0.282 e. The zero-order chi connectivity index (χ0) is 19.4. The van der Waals surface area contributed by atoms with Gasteiger partial charge in [-0.2, -0.15) is 0 Å². The molecule has 1 aromatic heterocycles. The molecule has 1 N–H and O–H groups in total. The number of amides is 1. The van der Waals surface area contributed by atoms with Crippen molar-refractivity contribution in [2.45, 2.75) is 12.1 Å². The Hall–Kier alpha value is -3.27. The van der Waals surface area contributed by atoms with Crippen molar-refractivity contribution in [3.63, 3.8) is 0 Å². The minimum atomic E-state index is -0.537. The van der Waals surface area contributed by atoms with Gasteiger partial charge in [0.25, 0.3) is 16.8 Å². The van der Waals surface area contributed by atoms with Crippen LogP contribution in [-0.4, -0.2) is 26.8 Å². The highest BCUT2D eigenvalue weighted by Crippen LogP contribution is 2.30. The summed E-state index contributed by atoms with van der Waals surface area (Å²) < 4.78 is 18.5. The predicted octanol–water partition coefficient (Wildman–Crippen LogP) is 3.82. The number of carbonyl (C=O) groups is 1. The normalized spacial score (nSPS) is 10.6. The molecule has 0 spiro atoms. The Morgan fingerprint density at radius 3 is 2.81 bits per heavy atom. The number of nitro groups is 1. The van der Waals surface area contributed by atoms with Gasteiger partial charge in [0.15, 0.2) is 0 Å². The predicted molar refractivity (Wildman–Crippen MR) is 96.9 cm³/mol. The molecule has 10 heteroatoms. The molecule has 0 radical (unpaired) electrons. The van der Waals surface area contributed by atoms with E-state index < -0.39 is 4.92 Å². The average molecular weight is 388 g/mol. The number of aromatic nitrogens is 2. The quantitative estimate of drug-likeness (QED) is 0.388. The fraction of sp³-hybridized carbons (Fsp3) is 0.118. The molecule has 8 nitrogen and oxygen atoms in total. The summed E-state index contributed by atoms with van der Waals surface area (Å²) in [7, 11) is 0. The number of aryl methyl sites for hydroxylation is 1. The van der Waals surface area contributed by atoms with Crippen LogP contribution in [0.25, 0.3) is 11.5 Å². The second kappa shape index (κ2) is 7.96. The molecule has 3 aromatic rings. The summed E-state index contributed by atoms with van der Waals surface area (Å²) in [6.45, 7) is 1.68. The average Bonchev–Trinajstić information content (AvgIpc) is 3.11. The zero-order valence-electron chi connectivity index (χ0n) is 14.0. The Labute approximate surface area is 156 Å². The first-order valence-electron chi connectivity index (χ1n) is 7.70. The molecule has 2 aromatic carbocycles. The molecule has 0 saturated carbocycles. The van der Waals surface area contributed by atoms with Crippen LogP contribution in [-0.2, 0) is 4.79 Å². The Balaban J connectivity index is 1.65. The van der Waals surface area contributed by atoms with E-state index >= 15 is 0 Å². The number of nitrogens with zero attached hydrogens (tertiary/aromatic N) is 3. The number of hydrogen-bond donors (Lipinski definition) is 1. The van der Waals surface area contributed by atoms with Crippen molar-refractivity contribution in [3.8, 4) is 11.5 Å². The van der Waals surface area contributed by atoms with Gasteiger partial charge in [-0.1, -0.05) is 23.9 Å². The Bertz CT molecular complexity index is 1010. The summed E-state index contributed by atoms with van der Waals surface area (Å²) in [4.78, 5) is 22.6. The second-order valence-electron chi connectivity index (χ2n) is 5.44. The van der Waals surface area contributed by atoms with Crippen molar-refractivity contribution >= 4 is 29.0 Å². The minimum absolute atomic E-state index is 0.000382. The summed E-state index contributed by atoms with van der Waals surface area (Å²) in [6, 6.07) is 10.1. The van der Waals surface area contributed by atoms with Gasteiger partial charge in [-0.25, -0.2) is 4.39 Å². The number of carbonyl (C=O) groups excluding carboxylic acids is 1. The highest BCUT2D eigenvalue weighted by atomic mass is 32.2. The van der Waals surface area contributed by atoms with Gasteiger partial charge in [-0.15, -0.1) is 10.2 Å². The third-order valence-corrected chi connectivity index (χ3v) is 4.35. The van der Waals surface area contributed by atoms with Gasteiger partial charge in [0.2, 0.25) is 5.91 Å². The maximum Gasteiger partial charge on any atom is 0.282 e. The second-order valence-corrected chi connectivity index (χ2v) is 6.37. The SMILES string of the molecule is Cc1cc(F)ccc1NC(=O)CSc1nnc(-c2ccccc2[N+](=O)[O-])o1. The first-order chi connectivity index (χ1) is 12.9. The molecule has 0 unspecified atom stereocenters. The van der Waals surface area contributed by atoms with Crippen LogP contribution in [0.1, 0.15) is 5.56 Å². The van der Waals surface area contributed by atoms with Crippen LogP contribution in [0.5, 0.6) is 0 Å². The third-order valence-electron chi connectivity index (χ3n) is 3.53. The van der Waals surface area contributed by atoms with E-state index in [1.54, 1.807) is 13.0 Å². The Morgan fingerprint density at radius 2 is 2.07 bits per heavy atom. The van der Waals surface area contributed by atoms with Crippen LogP contribution < -0.4 is 5.32 Å². The summed E-state index contributed by atoms with van der Waals surface area (Å²) in [5, 5.41) is 21.4. The molecule has 3 rings (SSSR count). The first kappa shape index (κ1) is 18.5. The molecular formula is C17H13FN4O4S. The number of nitro benzene ring substituents is 1. The number of thioether (sulfide) groups is 1. The summed E-state index contributed by atoms with van der Waals surface area (Å²) in [5.41, 5.74) is 1.16. The van der Waals surface area contributed by atoms with E-state index in [0.29, 0.717) is 11.3 Å². The number of benzene rings is 2. The van der Waals surface area contributed by atoms with Crippen molar-refractivity contribution in [2.24, 2.45) is 0 Å². The molecule has 1 amide bonds. The molecule has 0 aliphatic carbocycles. The van der Waals surface area contributed by atoms with E-state index in [1.807, 2.05) is 0 Å². The standard InChI is InChI=1S/C17H13FN4O4S/c1-10-8-11(18)6-7-13(10)19-15(23)9-27-17-21-20-16(26-17)12-4-2-3-5-14(12)22(24)25/h2-8H,9H2,1H3,(H,19,23). The van der Waals surface area contributed by atoms with Gasteiger partial charge in [-0.05, 0) is 36.8 Å². The van der Waals surface area contributed by atoms with E-state index in [1.165, 1.54) is 36.4 Å². The lowest BCUT2D eigenvalue weighted by Gasteiger charge is -2.07. The number of anilines is 1. The van der Waals surface area contributed by atoms with Crippen LogP contribution in [0.3, 0.4) is 0 Å². The first-order valence-corrected chi connectivity index (χ1v) is 8.68. The summed E-state index contributed by atoms with van der Waals surface area (Å²) in [6.07, 6.45) is 0. The van der Waals surface area contributed by atoms with E-state index in [9.17, 15) is 19.3 Å². The van der Waals surface area contributed by atoms with Crippen LogP contribution >= 0.6 is 11.8 Å². The molecule has 0 aliphatic heterocycles. The lowest BCUT2D eigenvalue weighted by Crippen LogP contribution is -2.14. The van der Waals surface area contributed by atoms with Crippen molar-refractivity contribution < 1.29 is 18.5 Å². The Kier molecular flexibility index (Phi) is 5.46. The molecule has 0 saturated heterocycles. The van der Waals surface area contributed by atoms with E-state index in [0.717, 1.165) is 11.8 Å². The lowest BCUT2D eigenvalue weighted by molar-refractivity contribution is -0.384. The van der Waals surface area contributed by atoms with Crippen LogP contribution in [0.4, 0.5) is 15.8 Å². The van der Waals surface area contributed by atoms with Gasteiger partial charge < -0.3 is 9.73 Å². The number of para-hydroxylation sites is 1. The maximum absolute atomic E-state index is 13.1. The van der Waals surface area contributed by atoms with Gasteiger partial charge >= 0.3 is 0 Å². The fourth-order valence-corrected chi connectivity index (χ4v) is 2.83. The van der Waals surface area contributed by atoms with Gasteiger partial charge in [0, 0.05) is 11.8 Å². The summed E-state index contributed by atoms with van der Waals surface area (Å²) >= 11 is 0.990. The van der Waals surface area contributed by atoms with Crippen LogP contribution in [0.2, 0.25) is 0 Å². The van der Waals surface area contributed by atoms with Gasteiger partial charge in [0.05, 0.1) is 10.7 Å². The molecule has 0 bridgehead atoms. The third kappa shape index (κ3) is 4.47. The molecule has 138 valence electrons. The largest absolute Gasteiger partial charge is 0.411 e. The van der Waals surface area contributed by atoms with E-state index in [4.69, 9.17) is 4.42 Å². The fourth-order valence-electron chi connectivity index (χ4n) is 2.27. The molecule has 27 heavy (non-hydrogen) atoms. The Morgan fingerprint density at radius 1 is 1.30 bits per heavy atom. The molecular weight excluding hydrogens is 375 g/mol. The minimum Gasteiger partial charge on any atom is -0.411 e. The van der Waals surface area contributed by atoms with Crippen molar-refractivity contribution in [3.05, 3.63) is 64.0 Å². The zero-order valence-corrected chi connectivity index (χ0v) is 14.8. The van der Waals surface area contributed by atoms with Crippen molar-refractivity contribution in [2.75, 3.05) is 11.1 Å². The van der Waals surface area contributed by atoms with Gasteiger partial charge in [0.1, 0.15) is 11.4 Å². The molecule has 0 aliphatic rings. The van der Waals surface area contributed by atoms with E-state index in [2.05, 4.69) is 15.5 Å². The number of hydrogen-bond acceptors (Lipinski definition) is 7. The van der Waals surface area contributed by atoms with Crippen LogP contribution in [0.15, 0.2) is 52.1 Å².